The van der Waals surface area contributed by atoms with E-state index in [1.54, 1.807) is 4.68 Å². The summed E-state index contributed by atoms with van der Waals surface area (Å²) >= 11 is 6.16. The Bertz CT molecular complexity index is 622. The predicted molar refractivity (Wildman–Crippen MR) is 89.0 cm³/mol. The van der Waals surface area contributed by atoms with Crippen molar-refractivity contribution in [2.45, 2.75) is 19.9 Å². The number of aryl methyl sites for hydroxylation is 1. The van der Waals surface area contributed by atoms with E-state index in [2.05, 4.69) is 25.7 Å². The fraction of sp³-hybridized carbons (Fsp3) is 0.400. The number of hydrogen-bond acceptors (Lipinski definition) is 3. The molecule has 6 nitrogen and oxygen atoms in total. The van der Waals surface area contributed by atoms with Gasteiger partial charge >= 0.3 is 0 Å². The van der Waals surface area contributed by atoms with Crippen molar-refractivity contribution in [2.75, 3.05) is 13.1 Å². The van der Waals surface area contributed by atoms with Gasteiger partial charge in [-0.05, 0) is 25.0 Å². The molecule has 0 saturated heterocycles. The van der Waals surface area contributed by atoms with Crippen LogP contribution in [0.3, 0.4) is 0 Å². The molecule has 1 aromatic carbocycles. The first-order valence-electron chi connectivity index (χ1n) is 7.29. The van der Waals surface area contributed by atoms with Gasteiger partial charge in [-0.1, -0.05) is 29.8 Å². The maximum absolute atomic E-state index is 6.16. The summed E-state index contributed by atoms with van der Waals surface area (Å²) < 4.78 is 1.72. The van der Waals surface area contributed by atoms with Crippen LogP contribution in [0.2, 0.25) is 5.02 Å². The van der Waals surface area contributed by atoms with Gasteiger partial charge in [0.05, 0.1) is 0 Å². The monoisotopic (exact) mass is 320 g/mol. The molecule has 0 amide bonds. The summed E-state index contributed by atoms with van der Waals surface area (Å²) in [5, 5.41) is 11.3. The number of halogens is 1. The highest BCUT2D eigenvalue weighted by atomic mass is 35.5. The Morgan fingerprint density at radius 3 is 2.82 bits per heavy atom. The van der Waals surface area contributed by atoms with Crippen molar-refractivity contribution in [1.29, 1.82) is 0 Å². The number of aliphatic imine (C=N–C) groups is 1. The van der Waals surface area contributed by atoms with Gasteiger partial charge in [-0.15, -0.1) is 0 Å². The Labute approximate surface area is 135 Å². The van der Waals surface area contributed by atoms with Crippen LogP contribution in [-0.4, -0.2) is 33.8 Å². The largest absolute Gasteiger partial charge is 0.357 e. The van der Waals surface area contributed by atoms with Crippen LogP contribution < -0.4 is 10.6 Å². The van der Waals surface area contributed by atoms with Crippen LogP contribution in [0.25, 0.3) is 0 Å². The second kappa shape index (κ2) is 8.38. The van der Waals surface area contributed by atoms with Gasteiger partial charge in [-0.25, -0.2) is 9.98 Å². The first kappa shape index (κ1) is 16.3. The second-order valence-corrected chi connectivity index (χ2v) is 5.17. The third kappa shape index (κ3) is 4.73. The maximum Gasteiger partial charge on any atom is 0.191 e. The van der Waals surface area contributed by atoms with Crippen LogP contribution in [0, 0.1) is 0 Å². The molecule has 2 rings (SSSR count). The molecule has 118 valence electrons. The first-order chi connectivity index (χ1) is 10.7. The lowest BCUT2D eigenvalue weighted by Crippen LogP contribution is -2.38. The summed E-state index contributed by atoms with van der Waals surface area (Å²) in [7, 11) is 1.86. The average molecular weight is 321 g/mol. The quantitative estimate of drug-likeness (QED) is 0.629. The molecule has 0 bridgehead atoms. The zero-order chi connectivity index (χ0) is 15.8. The highest BCUT2D eigenvalue weighted by molar-refractivity contribution is 6.31. The van der Waals surface area contributed by atoms with Gasteiger partial charge in [0.15, 0.2) is 5.96 Å². The molecule has 7 heteroatoms. The van der Waals surface area contributed by atoms with Crippen molar-refractivity contribution >= 4 is 17.6 Å². The van der Waals surface area contributed by atoms with Crippen molar-refractivity contribution < 1.29 is 0 Å². The molecule has 0 aliphatic carbocycles. The van der Waals surface area contributed by atoms with E-state index < -0.39 is 0 Å². The van der Waals surface area contributed by atoms with Crippen LogP contribution >= 0.6 is 11.6 Å². The Morgan fingerprint density at radius 2 is 2.14 bits per heavy atom. The van der Waals surface area contributed by atoms with Gasteiger partial charge < -0.3 is 10.6 Å². The fourth-order valence-corrected chi connectivity index (χ4v) is 2.20. The minimum Gasteiger partial charge on any atom is -0.357 e. The molecule has 0 unspecified atom stereocenters. The summed E-state index contributed by atoms with van der Waals surface area (Å²) in [4.78, 5) is 8.67. The van der Waals surface area contributed by atoms with E-state index in [0.717, 1.165) is 41.9 Å². The Hall–Kier alpha value is -2.08. The summed E-state index contributed by atoms with van der Waals surface area (Å²) in [5.41, 5.74) is 1.13. The van der Waals surface area contributed by atoms with E-state index in [0.29, 0.717) is 6.54 Å². The van der Waals surface area contributed by atoms with E-state index in [1.165, 1.54) is 6.33 Å². The minimum absolute atomic E-state index is 0.484. The predicted octanol–water partition coefficient (Wildman–Crippen LogP) is 1.77. The average Bonchev–Trinajstić information content (AvgIpc) is 2.92. The summed E-state index contributed by atoms with van der Waals surface area (Å²) in [6.45, 7) is 4.08. The van der Waals surface area contributed by atoms with E-state index >= 15 is 0 Å². The molecule has 2 aromatic rings. The topological polar surface area (TPSA) is 67.1 Å². The van der Waals surface area contributed by atoms with Crippen LogP contribution in [0.4, 0.5) is 0 Å². The number of benzene rings is 1. The molecule has 0 aliphatic heterocycles. The molecule has 0 fully saturated rings. The summed E-state index contributed by atoms with van der Waals surface area (Å²) in [5.74, 6) is 1.58. The zero-order valence-electron chi connectivity index (χ0n) is 12.9. The van der Waals surface area contributed by atoms with Gasteiger partial charge in [0.2, 0.25) is 0 Å². The number of hydrogen-bond donors (Lipinski definition) is 2. The van der Waals surface area contributed by atoms with Gasteiger partial charge in [0.1, 0.15) is 18.7 Å². The first-order valence-corrected chi connectivity index (χ1v) is 7.67. The van der Waals surface area contributed by atoms with Crippen molar-refractivity contribution in [2.24, 2.45) is 12.0 Å². The molecule has 0 aliphatic rings. The Kier molecular flexibility index (Phi) is 6.21. The van der Waals surface area contributed by atoms with Gasteiger partial charge in [-0.2, -0.15) is 5.10 Å². The standard InChI is InChI=1S/C15H21ClN6/c1-3-17-15(19-10-14-20-11-21-22(14)2)18-9-8-12-6-4-5-7-13(12)16/h4-7,11H,3,8-10H2,1-2H3,(H2,17,18,19). The molecule has 0 saturated carbocycles. The smallest absolute Gasteiger partial charge is 0.191 e. The van der Waals surface area contributed by atoms with Crippen molar-refractivity contribution in [3.8, 4) is 0 Å². The number of aromatic nitrogens is 3. The number of nitrogens with one attached hydrogen (secondary N) is 2. The highest BCUT2D eigenvalue weighted by Gasteiger charge is 2.03. The third-order valence-electron chi connectivity index (χ3n) is 3.17. The number of nitrogens with zero attached hydrogens (tertiary/aromatic N) is 4. The summed E-state index contributed by atoms with van der Waals surface area (Å²) in [6.07, 6.45) is 2.37. The molecule has 1 aromatic heterocycles. The van der Waals surface area contributed by atoms with Crippen LogP contribution in [0.1, 0.15) is 18.3 Å². The van der Waals surface area contributed by atoms with Crippen molar-refractivity contribution in [1.82, 2.24) is 25.4 Å². The third-order valence-corrected chi connectivity index (χ3v) is 3.54. The minimum atomic E-state index is 0.484. The molecule has 1 heterocycles. The highest BCUT2D eigenvalue weighted by Crippen LogP contribution is 2.14. The molecule has 22 heavy (non-hydrogen) atoms. The SMILES string of the molecule is CCNC(=NCc1ncnn1C)NCCc1ccccc1Cl. The van der Waals surface area contributed by atoms with E-state index in [9.17, 15) is 0 Å². The molecular weight excluding hydrogens is 300 g/mol. The molecule has 0 atom stereocenters. The van der Waals surface area contributed by atoms with Gasteiger partial charge in [0.25, 0.3) is 0 Å². The van der Waals surface area contributed by atoms with Crippen molar-refractivity contribution in [3.05, 3.63) is 47.0 Å². The maximum atomic E-state index is 6.16. The van der Waals surface area contributed by atoms with Crippen molar-refractivity contribution in [3.63, 3.8) is 0 Å². The van der Waals surface area contributed by atoms with Crippen LogP contribution in [0.15, 0.2) is 35.6 Å². The molecular formula is C15H21ClN6. The van der Waals surface area contributed by atoms with E-state index in [-0.39, 0.29) is 0 Å². The lowest BCUT2D eigenvalue weighted by Gasteiger charge is -2.11. The molecule has 0 radical (unpaired) electrons. The fourth-order valence-electron chi connectivity index (χ4n) is 1.97. The van der Waals surface area contributed by atoms with Crippen LogP contribution in [0.5, 0.6) is 0 Å². The number of rotatable bonds is 6. The van der Waals surface area contributed by atoms with Gasteiger partial charge in [-0.3, -0.25) is 4.68 Å². The Balaban J connectivity index is 1.89. The van der Waals surface area contributed by atoms with E-state index in [4.69, 9.17) is 11.6 Å². The second-order valence-electron chi connectivity index (χ2n) is 4.76. The summed E-state index contributed by atoms with van der Waals surface area (Å²) in [6, 6.07) is 7.87. The zero-order valence-corrected chi connectivity index (χ0v) is 13.6. The van der Waals surface area contributed by atoms with Crippen LogP contribution in [-0.2, 0) is 20.0 Å². The lowest BCUT2D eigenvalue weighted by atomic mass is 10.1. The number of guanidine groups is 1. The van der Waals surface area contributed by atoms with E-state index in [1.807, 2.05) is 38.2 Å². The molecule has 0 spiro atoms. The Morgan fingerprint density at radius 1 is 1.32 bits per heavy atom. The normalized spacial score (nSPS) is 11.5. The molecule has 2 N–H and O–H groups in total. The lowest BCUT2D eigenvalue weighted by molar-refractivity contribution is 0.697. The van der Waals surface area contributed by atoms with Gasteiger partial charge in [0, 0.05) is 25.2 Å².